The van der Waals surface area contributed by atoms with Gasteiger partial charge in [0.15, 0.2) is 0 Å². The Morgan fingerprint density at radius 3 is 2.74 bits per heavy atom. The summed E-state index contributed by atoms with van der Waals surface area (Å²) in [4.78, 5) is 11.1. The third-order valence-corrected chi connectivity index (χ3v) is 3.20. The first kappa shape index (κ1) is 16.0. The highest BCUT2D eigenvalue weighted by atomic mass is 79.9. The molecule has 1 amide bonds. The lowest BCUT2D eigenvalue weighted by Crippen LogP contribution is -2.21. The molecule has 5 heteroatoms. The molecule has 19 heavy (non-hydrogen) atoms. The molecule has 0 aliphatic carbocycles. The van der Waals surface area contributed by atoms with Crippen LogP contribution in [-0.4, -0.2) is 25.6 Å². The van der Waals surface area contributed by atoms with Gasteiger partial charge >= 0.3 is 0 Å². The van der Waals surface area contributed by atoms with E-state index >= 15 is 0 Å². The zero-order valence-corrected chi connectivity index (χ0v) is 13.2. The quantitative estimate of drug-likeness (QED) is 0.808. The number of carbonyl (C=O) groups excluding carboxylic acids is 1. The van der Waals surface area contributed by atoms with Crippen molar-refractivity contribution in [1.82, 2.24) is 10.6 Å². The molecule has 0 radical (unpaired) electrons. The summed E-state index contributed by atoms with van der Waals surface area (Å²) in [6, 6.07) is 6.44. The van der Waals surface area contributed by atoms with E-state index in [0.717, 1.165) is 16.8 Å². The van der Waals surface area contributed by atoms with Crippen molar-refractivity contribution in [3.63, 3.8) is 0 Å². The summed E-state index contributed by atoms with van der Waals surface area (Å²) in [6.07, 6.45) is 0.361. The number of carbonyl (C=O) groups is 1. The van der Waals surface area contributed by atoms with Crippen LogP contribution in [0.2, 0.25) is 0 Å². The molecule has 0 saturated heterocycles. The number of amides is 1. The van der Waals surface area contributed by atoms with E-state index in [1.54, 1.807) is 7.05 Å². The molecule has 0 unspecified atom stereocenters. The van der Waals surface area contributed by atoms with Crippen LogP contribution in [0.4, 0.5) is 0 Å². The predicted molar refractivity (Wildman–Crippen MR) is 80.3 cm³/mol. The first-order valence-corrected chi connectivity index (χ1v) is 7.17. The van der Waals surface area contributed by atoms with Crippen molar-refractivity contribution in [2.45, 2.75) is 32.9 Å². The van der Waals surface area contributed by atoms with E-state index in [2.05, 4.69) is 40.4 Å². The number of benzene rings is 1. The van der Waals surface area contributed by atoms with Crippen LogP contribution in [0.1, 0.15) is 25.8 Å². The summed E-state index contributed by atoms with van der Waals surface area (Å²) in [5.41, 5.74) is 1.19. The number of ether oxygens (including phenoxy) is 1. The maximum atomic E-state index is 11.1. The predicted octanol–water partition coefficient (Wildman–Crippen LogP) is 2.46. The SMILES string of the molecule is CNC(=O)CCOc1ccc(CNC(C)C)cc1Br. The fourth-order valence-corrected chi connectivity index (χ4v) is 2.01. The monoisotopic (exact) mass is 328 g/mol. The molecule has 4 nitrogen and oxygen atoms in total. The van der Waals surface area contributed by atoms with Crippen LogP contribution in [0.15, 0.2) is 22.7 Å². The molecule has 1 aromatic rings. The molecule has 0 heterocycles. The van der Waals surface area contributed by atoms with E-state index in [0.29, 0.717) is 19.1 Å². The van der Waals surface area contributed by atoms with Gasteiger partial charge in [-0.25, -0.2) is 0 Å². The third-order valence-electron chi connectivity index (χ3n) is 2.58. The van der Waals surface area contributed by atoms with Crippen LogP contribution in [0.3, 0.4) is 0 Å². The van der Waals surface area contributed by atoms with E-state index in [-0.39, 0.29) is 5.91 Å². The zero-order valence-electron chi connectivity index (χ0n) is 11.6. The molecule has 0 atom stereocenters. The molecule has 0 aliphatic rings. The maximum absolute atomic E-state index is 11.1. The van der Waals surface area contributed by atoms with Gasteiger partial charge in [-0.1, -0.05) is 19.9 Å². The Bertz CT molecular complexity index is 422. The standard InChI is InChI=1S/C14H21BrN2O2/c1-10(2)17-9-11-4-5-13(12(15)8-11)19-7-6-14(18)16-3/h4-5,8,10,17H,6-7,9H2,1-3H3,(H,16,18). The molecule has 0 aromatic heterocycles. The van der Waals surface area contributed by atoms with Gasteiger partial charge in [0.25, 0.3) is 0 Å². The average molecular weight is 329 g/mol. The van der Waals surface area contributed by atoms with Gasteiger partial charge in [-0.15, -0.1) is 0 Å². The van der Waals surface area contributed by atoms with Crippen molar-refractivity contribution in [1.29, 1.82) is 0 Å². The lowest BCUT2D eigenvalue weighted by molar-refractivity contribution is -0.121. The lowest BCUT2D eigenvalue weighted by atomic mass is 10.2. The second-order valence-electron chi connectivity index (χ2n) is 4.57. The molecule has 0 saturated carbocycles. The molecule has 0 spiro atoms. The molecule has 1 rings (SSSR count). The summed E-state index contributed by atoms with van der Waals surface area (Å²) in [7, 11) is 1.62. The number of halogens is 1. The normalized spacial score (nSPS) is 10.6. The minimum absolute atomic E-state index is 0.0196. The van der Waals surface area contributed by atoms with Gasteiger partial charge < -0.3 is 15.4 Å². The van der Waals surface area contributed by atoms with Crippen molar-refractivity contribution in [2.75, 3.05) is 13.7 Å². The molecule has 106 valence electrons. The average Bonchev–Trinajstić information content (AvgIpc) is 2.38. The van der Waals surface area contributed by atoms with Gasteiger partial charge in [0.2, 0.25) is 5.91 Å². The third kappa shape index (κ3) is 6.07. The molecule has 0 aliphatic heterocycles. The Hall–Kier alpha value is -1.07. The second-order valence-corrected chi connectivity index (χ2v) is 5.43. The first-order valence-electron chi connectivity index (χ1n) is 6.38. The Kier molecular flexibility index (Phi) is 6.87. The summed E-state index contributed by atoms with van der Waals surface area (Å²) < 4.78 is 6.47. The number of hydrogen-bond donors (Lipinski definition) is 2. The Labute approximate surface area is 123 Å². The highest BCUT2D eigenvalue weighted by Crippen LogP contribution is 2.26. The van der Waals surface area contributed by atoms with Crippen LogP contribution >= 0.6 is 15.9 Å². The molecular formula is C14H21BrN2O2. The highest BCUT2D eigenvalue weighted by molar-refractivity contribution is 9.10. The minimum Gasteiger partial charge on any atom is -0.492 e. The van der Waals surface area contributed by atoms with E-state index in [1.807, 2.05) is 18.2 Å². The van der Waals surface area contributed by atoms with Gasteiger partial charge in [-0.05, 0) is 33.6 Å². The molecule has 0 fully saturated rings. The summed E-state index contributed by atoms with van der Waals surface area (Å²) in [5.74, 6) is 0.742. The first-order chi connectivity index (χ1) is 9.02. The van der Waals surface area contributed by atoms with Crippen LogP contribution in [0, 0.1) is 0 Å². The molecule has 2 N–H and O–H groups in total. The van der Waals surface area contributed by atoms with E-state index in [1.165, 1.54) is 5.56 Å². The second kappa shape index (κ2) is 8.17. The van der Waals surface area contributed by atoms with Gasteiger partial charge in [0, 0.05) is 19.6 Å². The largest absolute Gasteiger partial charge is 0.492 e. The minimum atomic E-state index is -0.0196. The van der Waals surface area contributed by atoms with Crippen LogP contribution in [0.5, 0.6) is 5.75 Å². The Balaban J connectivity index is 2.50. The van der Waals surface area contributed by atoms with Crippen molar-refractivity contribution in [3.05, 3.63) is 28.2 Å². The topological polar surface area (TPSA) is 50.4 Å². The summed E-state index contributed by atoms with van der Waals surface area (Å²) >= 11 is 3.49. The Morgan fingerprint density at radius 2 is 2.16 bits per heavy atom. The van der Waals surface area contributed by atoms with Gasteiger partial charge in [0.05, 0.1) is 17.5 Å². The smallest absolute Gasteiger partial charge is 0.223 e. The van der Waals surface area contributed by atoms with Crippen molar-refractivity contribution >= 4 is 21.8 Å². The fraction of sp³-hybridized carbons (Fsp3) is 0.500. The molecule has 0 bridgehead atoms. The lowest BCUT2D eigenvalue weighted by Gasteiger charge is -2.11. The van der Waals surface area contributed by atoms with E-state index in [9.17, 15) is 4.79 Å². The molecule has 1 aromatic carbocycles. The summed E-state index contributed by atoms with van der Waals surface area (Å²) in [6.45, 7) is 5.44. The number of rotatable bonds is 7. The zero-order chi connectivity index (χ0) is 14.3. The van der Waals surface area contributed by atoms with Gasteiger partial charge in [-0.2, -0.15) is 0 Å². The number of hydrogen-bond acceptors (Lipinski definition) is 3. The number of nitrogens with one attached hydrogen (secondary N) is 2. The van der Waals surface area contributed by atoms with Crippen LogP contribution in [-0.2, 0) is 11.3 Å². The van der Waals surface area contributed by atoms with Crippen LogP contribution < -0.4 is 15.4 Å². The van der Waals surface area contributed by atoms with Crippen LogP contribution in [0.25, 0.3) is 0 Å². The van der Waals surface area contributed by atoms with Gasteiger partial charge in [0.1, 0.15) is 5.75 Å². The molecular weight excluding hydrogens is 308 g/mol. The van der Waals surface area contributed by atoms with Crippen molar-refractivity contribution in [3.8, 4) is 5.75 Å². The van der Waals surface area contributed by atoms with Crippen molar-refractivity contribution < 1.29 is 9.53 Å². The summed E-state index contributed by atoms with van der Waals surface area (Å²) in [5, 5.41) is 5.92. The fourth-order valence-electron chi connectivity index (χ4n) is 1.47. The Morgan fingerprint density at radius 1 is 1.42 bits per heavy atom. The van der Waals surface area contributed by atoms with E-state index in [4.69, 9.17) is 4.74 Å². The maximum Gasteiger partial charge on any atom is 0.223 e. The highest BCUT2D eigenvalue weighted by Gasteiger charge is 2.05. The van der Waals surface area contributed by atoms with Gasteiger partial charge in [-0.3, -0.25) is 4.79 Å². The van der Waals surface area contributed by atoms with Crippen molar-refractivity contribution in [2.24, 2.45) is 0 Å². The van der Waals surface area contributed by atoms with E-state index < -0.39 is 0 Å².